The molecule has 8 heteroatoms. The average Bonchev–Trinajstić information content (AvgIpc) is 3.43. The third kappa shape index (κ3) is 3.97. The lowest BCUT2D eigenvalue weighted by Crippen LogP contribution is -2.42. The molecule has 1 aliphatic heterocycles. The molecule has 5 rings (SSSR count). The van der Waals surface area contributed by atoms with Gasteiger partial charge in [-0.3, -0.25) is 19.3 Å². The lowest BCUT2D eigenvalue weighted by molar-refractivity contribution is -0.133. The van der Waals surface area contributed by atoms with Crippen molar-refractivity contribution in [3.05, 3.63) is 64.7 Å². The quantitative estimate of drug-likeness (QED) is 0.593. The van der Waals surface area contributed by atoms with Crippen LogP contribution in [-0.2, 0) is 28.0 Å². The molecule has 3 aliphatic rings. The fourth-order valence-electron chi connectivity index (χ4n) is 4.53. The molecule has 2 fully saturated rings. The lowest BCUT2D eigenvalue weighted by Gasteiger charge is -2.23. The van der Waals surface area contributed by atoms with Crippen LogP contribution in [0.4, 0.5) is 10.5 Å². The van der Waals surface area contributed by atoms with Crippen molar-refractivity contribution in [1.82, 2.24) is 15.5 Å². The highest BCUT2D eigenvalue weighted by Gasteiger charge is 2.49. The Morgan fingerprint density at radius 2 is 1.85 bits per heavy atom. The normalized spacial score (nSPS) is 21.5. The lowest BCUT2D eigenvalue weighted by atomic mass is 9.89. The fourth-order valence-corrected chi connectivity index (χ4v) is 4.53. The number of anilines is 1. The molecular formula is C25H26N4O4. The number of carbonyl (C=O) groups excluding carboxylic acids is 4. The number of hydrogen-bond donors (Lipinski definition) is 3. The molecule has 1 saturated heterocycles. The van der Waals surface area contributed by atoms with Crippen molar-refractivity contribution in [3.63, 3.8) is 0 Å². The monoisotopic (exact) mass is 446 g/mol. The Kier molecular flexibility index (Phi) is 5.15. The molecule has 0 spiro atoms. The second-order valence-electron chi connectivity index (χ2n) is 9.12. The van der Waals surface area contributed by atoms with Gasteiger partial charge in [0.25, 0.3) is 11.8 Å². The van der Waals surface area contributed by atoms with Gasteiger partial charge in [0.05, 0.1) is 11.3 Å². The molecule has 8 nitrogen and oxygen atoms in total. The first-order valence-corrected chi connectivity index (χ1v) is 11.3. The third-order valence-electron chi connectivity index (χ3n) is 6.61. The van der Waals surface area contributed by atoms with E-state index in [1.54, 1.807) is 31.2 Å². The number of carbonyl (C=O) groups is 4. The maximum Gasteiger partial charge on any atom is 0.325 e. The van der Waals surface area contributed by atoms with E-state index in [-0.39, 0.29) is 11.9 Å². The number of rotatable bonds is 6. The molecule has 170 valence electrons. The molecule has 5 amide bonds. The van der Waals surface area contributed by atoms with E-state index in [1.807, 2.05) is 18.2 Å². The maximum atomic E-state index is 13.2. The van der Waals surface area contributed by atoms with Crippen LogP contribution in [0.25, 0.3) is 0 Å². The second kappa shape index (κ2) is 8.03. The van der Waals surface area contributed by atoms with E-state index in [1.165, 1.54) is 11.1 Å². The smallest absolute Gasteiger partial charge is 0.325 e. The highest BCUT2D eigenvalue weighted by Crippen LogP contribution is 2.32. The molecule has 2 aromatic rings. The number of para-hydroxylation sites is 1. The van der Waals surface area contributed by atoms with Gasteiger partial charge in [-0.05, 0) is 67.9 Å². The Hall–Kier alpha value is -3.68. The number of nitrogens with one attached hydrogen (secondary N) is 3. The number of hydrogen-bond acceptors (Lipinski definition) is 4. The molecule has 0 radical (unpaired) electrons. The van der Waals surface area contributed by atoms with Gasteiger partial charge in [-0.2, -0.15) is 0 Å². The Morgan fingerprint density at radius 3 is 2.64 bits per heavy atom. The van der Waals surface area contributed by atoms with E-state index in [4.69, 9.17) is 0 Å². The zero-order valence-corrected chi connectivity index (χ0v) is 18.4. The summed E-state index contributed by atoms with van der Waals surface area (Å²) < 4.78 is 0. The summed E-state index contributed by atoms with van der Waals surface area (Å²) in [7, 11) is 0. The minimum absolute atomic E-state index is 0.184. The van der Waals surface area contributed by atoms with E-state index < -0.39 is 29.9 Å². The summed E-state index contributed by atoms with van der Waals surface area (Å²) in [5, 5.41) is 8.34. The van der Waals surface area contributed by atoms with Gasteiger partial charge in [0.2, 0.25) is 5.91 Å². The largest absolute Gasteiger partial charge is 0.349 e. The van der Waals surface area contributed by atoms with Crippen LogP contribution in [0.15, 0.2) is 42.5 Å². The van der Waals surface area contributed by atoms with Gasteiger partial charge in [-0.1, -0.05) is 30.3 Å². The SMILES string of the molecule is CC1(c2ccc3c(c2)CCC3)NC(=O)N(CC(=O)Nc2ccccc2C(=O)NC2CC2)C1=O. The Bertz CT molecular complexity index is 1170. The summed E-state index contributed by atoms with van der Waals surface area (Å²) in [5.41, 5.74) is 2.66. The standard InChI is InChI=1S/C25H26N4O4/c1-25(17-10-9-15-5-4-6-16(15)13-17)23(32)29(24(33)28-25)14-21(30)27-20-8-3-2-7-19(20)22(31)26-18-11-12-18/h2-3,7-10,13,18H,4-6,11-12,14H2,1H3,(H,26,31)(H,27,30)(H,28,33). The minimum atomic E-state index is -1.23. The van der Waals surface area contributed by atoms with Crippen molar-refractivity contribution in [2.24, 2.45) is 0 Å². The van der Waals surface area contributed by atoms with Gasteiger partial charge >= 0.3 is 6.03 Å². The second-order valence-corrected chi connectivity index (χ2v) is 9.12. The van der Waals surface area contributed by atoms with Crippen LogP contribution in [-0.4, -0.2) is 41.2 Å². The molecule has 2 aliphatic carbocycles. The molecule has 0 bridgehead atoms. The van der Waals surface area contributed by atoms with Crippen molar-refractivity contribution in [2.75, 3.05) is 11.9 Å². The van der Waals surface area contributed by atoms with Crippen LogP contribution >= 0.6 is 0 Å². The zero-order valence-electron chi connectivity index (χ0n) is 18.4. The topological polar surface area (TPSA) is 108 Å². The molecule has 1 atom stereocenters. The van der Waals surface area contributed by atoms with Crippen LogP contribution in [0.2, 0.25) is 0 Å². The molecule has 3 N–H and O–H groups in total. The molecule has 2 aromatic carbocycles. The summed E-state index contributed by atoms with van der Waals surface area (Å²) in [4.78, 5) is 52.0. The van der Waals surface area contributed by atoms with Gasteiger partial charge in [0.1, 0.15) is 12.1 Å². The van der Waals surface area contributed by atoms with Crippen molar-refractivity contribution < 1.29 is 19.2 Å². The van der Waals surface area contributed by atoms with Crippen molar-refractivity contribution in [2.45, 2.75) is 50.6 Å². The number of imide groups is 1. The molecule has 33 heavy (non-hydrogen) atoms. The predicted molar refractivity (Wildman–Crippen MR) is 122 cm³/mol. The number of amides is 5. The Balaban J connectivity index is 1.30. The Morgan fingerprint density at radius 1 is 1.09 bits per heavy atom. The van der Waals surface area contributed by atoms with Crippen LogP contribution < -0.4 is 16.0 Å². The highest BCUT2D eigenvalue weighted by molar-refractivity contribution is 6.11. The van der Waals surface area contributed by atoms with Gasteiger partial charge in [0, 0.05) is 6.04 Å². The number of urea groups is 1. The van der Waals surface area contributed by atoms with E-state index in [2.05, 4.69) is 16.0 Å². The number of benzene rings is 2. The third-order valence-corrected chi connectivity index (χ3v) is 6.61. The summed E-state index contributed by atoms with van der Waals surface area (Å²) >= 11 is 0. The van der Waals surface area contributed by atoms with Crippen LogP contribution in [0.1, 0.15) is 53.2 Å². The van der Waals surface area contributed by atoms with E-state index in [9.17, 15) is 19.2 Å². The van der Waals surface area contributed by atoms with Gasteiger partial charge in [-0.25, -0.2) is 4.79 Å². The van der Waals surface area contributed by atoms with Crippen molar-refractivity contribution >= 4 is 29.4 Å². The van der Waals surface area contributed by atoms with Crippen LogP contribution in [0.5, 0.6) is 0 Å². The number of nitrogens with zero attached hydrogens (tertiary/aromatic N) is 1. The first-order valence-electron chi connectivity index (χ1n) is 11.3. The molecule has 1 heterocycles. The fraction of sp³-hybridized carbons (Fsp3) is 0.360. The van der Waals surface area contributed by atoms with E-state index in [0.29, 0.717) is 16.8 Å². The summed E-state index contributed by atoms with van der Waals surface area (Å²) in [6.07, 6.45) is 4.98. The summed E-state index contributed by atoms with van der Waals surface area (Å²) in [5.74, 6) is -1.28. The maximum absolute atomic E-state index is 13.2. The molecule has 1 unspecified atom stereocenters. The number of fused-ring (bicyclic) bond motifs is 1. The molecule has 1 saturated carbocycles. The van der Waals surface area contributed by atoms with E-state index >= 15 is 0 Å². The average molecular weight is 447 g/mol. The van der Waals surface area contributed by atoms with Crippen LogP contribution in [0, 0.1) is 0 Å². The molecule has 0 aromatic heterocycles. The van der Waals surface area contributed by atoms with Crippen molar-refractivity contribution in [1.29, 1.82) is 0 Å². The Labute approximate surface area is 191 Å². The highest BCUT2D eigenvalue weighted by atomic mass is 16.2. The minimum Gasteiger partial charge on any atom is -0.349 e. The van der Waals surface area contributed by atoms with Gasteiger partial charge in [0.15, 0.2) is 0 Å². The van der Waals surface area contributed by atoms with Crippen molar-refractivity contribution in [3.8, 4) is 0 Å². The summed E-state index contributed by atoms with van der Waals surface area (Å²) in [6, 6.07) is 12.1. The molecular weight excluding hydrogens is 420 g/mol. The number of aryl methyl sites for hydroxylation is 2. The van der Waals surface area contributed by atoms with Gasteiger partial charge in [-0.15, -0.1) is 0 Å². The first kappa shape index (κ1) is 21.2. The van der Waals surface area contributed by atoms with Gasteiger partial charge < -0.3 is 16.0 Å². The first-order chi connectivity index (χ1) is 15.8. The zero-order chi connectivity index (χ0) is 23.2. The predicted octanol–water partition coefficient (Wildman–Crippen LogP) is 2.47. The van der Waals surface area contributed by atoms with Crippen LogP contribution in [0.3, 0.4) is 0 Å². The van der Waals surface area contributed by atoms with E-state index in [0.717, 1.165) is 37.0 Å². The summed E-state index contributed by atoms with van der Waals surface area (Å²) in [6.45, 7) is 1.23.